The fourth-order valence-corrected chi connectivity index (χ4v) is 0.560. The van der Waals surface area contributed by atoms with Gasteiger partial charge in [0, 0.05) is 5.02 Å². The first-order valence-corrected chi connectivity index (χ1v) is 4.55. The van der Waals surface area contributed by atoms with Crippen molar-refractivity contribution in [2.45, 2.75) is 0 Å². The Hall–Kier alpha value is -0.180. The van der Waals surface area contributed by atoms with Gasteiger partial charge in [0.15, 0.2) is 0 Å². The molecular weight excluding hydrogens is 215 g/mol. The van der Waals surface area contributed by atoms with Crippen LogP contribution in [-0.4, -0.2) is 11.0 Å². The van der Waals surface area contributed by atoms with Gasteiger partial charge in [-0.2, -0.15) is 12.6 Å². The second-order valence-corrected chi connectivity index (χ2v) is 2.98. The van der Waals surface area contributed by atoms with E-state index in [-0.39, 0.29) is 5.75 Å². The van der Waals surface area contributed by atoms with E-state index in [1.54, 1.807) is 0 Å². The Morgan fingerprint density at radius 2 is 1.75 bits per heavy atom. The van der Waals surface area contributed by atoms with Crippen LogP contribution in [0.1, 0.15) is 0 Å². The van der Waals surface area contributed by atoms with Gasteiger partial charge >= 0.3 is 0 Å². The van der Waals surface area contributed by atoms with Gasteiger partial charge in [-0.05, 0) is 23.7 Å². The van der Waals surface area contributed by atoms with E-state index in [1.807, 2.05) is 30.3 Å². The van der Waals surface area contributed by atoms with E-state index in [1.165, 1.54) is 0 Å². The molecular formula is C8H8Cl2OS. The molecule has 0 aromatic heterocycles. The highest BCUT2D eigenvalue weighted by atomic mass is 35.5. The summed E-state index contributed by atoms with van der Waals surface area (Å²) in [5, 5.41) is 0.385. The average Bonchev–Trinajstić information content (AvgIpc) is 2.07. The normalized spacial score (nSPS) is 8.25. The van der Waals surface area contributed by atoms with Crippen molar-refractivity contribution in [3.63, 3.8) is 0 Å². The molecule has 0 aliphatic heterocycles. The van der Waals surface area contributed by atoms with Crippen LogP contribution in [0.15, 0.2) is 30.3 Å². The van der Waals surface area contributed by atoms with E-state index in [0.717, 1.165) is 5.02 Å². The van der Waals surface area contributed by atoms with Crippen molar-refractivity contribution in [1.29, 1.82) is 0 Å². The van der Waals surface area contributed by atoms with Crippen LogP contribution in [0.5, 0.6) is 0 Å². The first-order valence-electron chi connectivity index (χ1n) is 3.16. The molecule has 4 heteroatoms. The maximum absolute atomic E-state index is 9.50. The number of hydrogen-bond donors (Lipinski definition) is 1. The highest BCUT2D eigenvalue weighted by Crippen LogP contribution is 2.03. The summed E-state index contributed by atoms with van der Waals surface area (Å²) >= 11 is 13.8. The number of rotatable bonds is 1. The molecule has 0 heterocycles. The number of halogens is 2. The van der Waals surface area contributed by atoms with Gasteiger partial charge in [-0.3, -0.25) is 4.79 Å². The van der Waals surface area contributed by atoms with Crippen molar-refractivity contribution in [1.82, 2.24) is 0 Å². The van der Waals surface area contributed by atoms with Crippen LogP contribution in [0, 0.1) is 0 Å². The molecule has 0 bridgehead atoms. The molecule has 0 radical (unpaired) electrons. The fraction of sp³-hybridized carbons (Fsp3) is 0.125. The van der Waals surface area contributed by atoms with Gasteiger partial charge in [-0.1, -0.05) is 29.8 Å². The van der Waals surface area contributed by atoms with Crippen LogP contribution in [0.3, 0.4) is 0 Å². The van der Waals surface area contributed by atoms with Gasteiger partial charge in [0.05, 0.1) is 5.75 Å². The third kappa shape index (κ3) is 7.92. The quantitative estimate of drug-likeness (QED) is 0.572. The van der Waals surface area contributed by atoms with Gasteiger partial charge in [0.25, 0.3) is 0 Å². The summed E-state index contributed by atoms with van der Waals surface area (Å²) in [6.45, 7) is 0. The molecule has 0 atom stereocenters. The lowest BCUT2D eigenvalue weighted by Crippen LogP contribution is -1.81. The third-order valence-electron chi connectivity index (χ3n) is 0.857. The first-order chi connectivity index (χ1) is 5.66. The molecule has 66 valence electrons. The smallest absolute Gasteiger partial charge is 0.231 e. The van der Waals surface area contributed by atoms with Gasteiger partial charge in [0.2, 0.25) is 5.24 Å². The van der Waals surface area contributed by atoms with Crippen LogP contribution in [0.25, 0.3) is 0 Å². The molecule has 1 aromatic rings. The second-order valence-electron chi connectivity index (χ2n) is 1.81. The minimum absolute atomic E-state index is 0.127. The van der Waals surface area contributed by atoms with Crippen LogP contribution >= 0.6 is 35.8 Å². The van der Waals surface area contributed by atoms with E-state index < -0.39 is 5.24 Å². The number of carbonyl (C=O) groups excluding carboxylic acids is 1. The summed E-state index contributed by atoms with van der Waals surface area (Å²) in [6.07, 6.45) is 0. The molecule has 1 rings (SSSR count). The number of hydrogen-bond acceptors (Lipinski definition) is 2. The van der Waals surface area contributed by atoms with E-state index in [4.69, 9.17) is 23.2 Å². The SMILES string of the molecule is Clc1ccccc1.O=C(Cl)CS. The van der Waals surface area contributed by atoms with Crippen molar-refractivity contribution in [3.8, 4) is 0 Å². The van der Waals surface area contributed by atoms with E-state index in [0.29, 0.717) is 0 Å². The molecule has 1 nitrogen and oxygen atoms in total. The summed E-state index contributed by atoms with van der Waals surface area (Å²) in [5.41, 5.74) is 0. The third-order valence-corrected chi connectivity index (χ3v) is 1.72. The van der Waals surface area contributed by atoms with E-state index >= 15 is 0 Å². The van der Waals surface area contributed by atoms with Gasteiger partial charge in [0.1, 0.15) is 0 Å². The first kappa shape index (κ1) is 11.8. The topological polar surface area (TPSA) is 17.1 Å². The molecule has 12 heavy (non-hydrogen) atoms. The Balaban J connectivity index is 0.000000217. The number of thiol groups is 1. The maximum atomic E-state index is 9.50. The summed E-state index contributed by atoms with van der Waals surface area (Å²) in [6, 6.07) is 9.44. The monoisotopic (exact) mass is 222 g/mol. The summed E-state index contributed by atoms with van der Waals surface area (Å²) in [7, 11) is 0. The fourth-order valence-electron chi connectivity index (χ4n) is 0.415. The Morgan fingerprint density at radius 1 is 1.33 bits per heavy atom. The highest BCUT2D eigenvalue weighted by Gasteiger charge is 1.81. The minimum Gasteiger partial charge on any atom is -0.280 e. The Morgan fingerprint density at radius 3 is 1.92 bits per heavy atom. The average molecular weight is 223 g/mol. The lowest BCUT2D eigenvalue weighted by atomic mass is 10.4. The molecule has 0 saturated heterocycles. The zero-order valence-corrected chi connectivity index (χ0v) is 8.61. The predicted octanol–water partition coefficient (Wildman–Crippen LogP) is 3.02. The number of carbonyl (C=O) groups is 1. The van der Waals surface area contributed by atoms with E-state index in [2.05, 4.69) is 12.6 Å². The maximum Gasteiger partial charge on any atom is 0.231 e. The molecule has 0 spiro atoms. The van der Waals surface area contributed by atoms with Crippen molar-refractivity contribution >= 4 is 41.1 Å². The lowest BCUT2D eigenvalue weighted by Gasteiger charge is -1.80. The van der Waals surface area contributed by atoms with Gasteiger partial charge in [-0.25, -0.2) is 0 Å². The van der Waals surface area contributed by atoms with Gasteiger partial charge in [-0.15, -0.1) is 0 Å². The highest BCUT2D eigenvalue weighted by molar-refractivity contribution is 7.81. The predicted molar refractivity (Wildman–Crippen MR) is 56.2 cm³/mol. The van der Waals surface area contributed by atoms with Crippen molar-refractivity contribution in [2.24, 2.45) is 0 Å². The summed E-state index contributed by atoms with van der Waals surface area (Å²) in [4.78, 5) is 9.50. The van der Waals surface area contributed by atoms with Crippen molar-refractivity contribution in [3.05, 3.63) is 35.4 Å². The molecule has 0 unspecified atom stereocenters. The number of benzene rings is 1. The van der Waals surface area contributed by atoms with Crippen LogP contribution in [0.4, 0.5) is 0 Å². The molecule has 0 aliphatic rings. The van der Waals surface area contributed by atoms with Crippen LogP contribution in [0.2, 0.25) is 5.02 Å². The van der Waals surface area contributed by atoms with Crippen LogP contribution < -0.4 is 0 Å². The largest absolute Gasteiger partial charge is 0.280 e. The van der Waals surface area contributed by atoms with Crippen molar-refractivity contribution in [2.75, 3.05) is 5.75 Å². The molecule has 1 aromatic carbocycles. The lowest BCUT2D eigenvalue weighted by molar-refractivity contribution is -0.109. The zero-order valence-electron chi connectivity index (χ0n) is 6.21. The molecule has 0 aliphatic carbocycles. The molecule has 0 fully saturated rings. The zero-order chi connectivity index (χ0) is 9.40. The van der Waals surface area contributed by atoms with Crippen molar-refractivity contribution < 1.29 is 4.79 Å². The Bertz CT molecular complexity index is 226. The Kier molecular flexibility index (Phi) is 7.36. The second kappa shape index (κ2) is 7.47. The minimum atomic E-state index is -0.409. The molecule has 0 saturated carbocycles. The Labute approximate surface area is 87.1 Å². The van der Waals surface area contributed by atoms with Gasteiger partial charge < -0.3 is 0 Å². The summed E-state index contributed by atoms with van der Waals surface area (Å²) in [5.74, 6) is 0.127. The molecule has 0 N–H and O–H groups in total. The van der Waals surface area contributed by atoms with Crippen LogP contribution in [-0.2, 0) is 4.79 Å². The molecule has 0 amide bonds. The van der Waals surface area contributed by atoms with E-state index in [9.17, 15) is 4.79 Å². The standard InChI is InChI=1S/C6H5Cl.C2H3ClOS/c7-6-4-2-1-3-5-6;3-2(4)1-5/h1-5H;5H,1H2. The summed E-state index contributed by atoms with van der Waals surface area (Å²) < 4.78 is 0.